The van der Waals surface area contributed by atoms with Crippen LogP contribution in [0.5, 0.6) is 0 Å². The normalized spacial score (nSPS) is 20.0. The maximum Gasteiger partial charge on any atom is 0.488 e. The lowest BCUT2D eigenvalue weighted by atomic mass is 10.5. The minimum atomic E-state index is -2.95. The Morgan fingerprint density at radius 2 is 2.12 bits per heavy atom. The number of nitrogens with two attached hydrogens (primary N) is 1. The quantitative estimate of drug-likeness (QED) is 0.577. The lowest BCUT2D eigenvalue weighted by molar-refractivity contribution is -0.894. The van der Waals surface area contributed by atoms with Crippen LogP contribution in [0.25, 0.3) is 0 Å². The lowest BCUT2D eigenvalue weighted by Gasteiger charge is -2.13. The van der Waals surface area contributed by atoms with Gasteiger partial charge in [0.1, 0.15) is 18.3 Å². The van der Waals surface area contributed by atoms with Crippen LogP contribution >= 0.6 is 20.0 Å². The highest BCUT2D eigenvalue weighted by Gasteiger charge is 2.30. The van der Waals surface area contributed by atoms with Crippen molar-refractivity contribution in [1.29, 1.82) is 0 Å². The second-order valence-electron chi connectivity index (χ2n) is 5.35. The Balaban J connectivity index is 0.000000412. The number of nitrogens with zero attached hydrogens (tertiary/aromatic N) is 2. The summed E-state index contributed by atoms with van der Waals surface area (Å²) < 4.78 is 34.2. The Morgan fingerprint density at radius 3 is 2.62 bits per heavy atom. The average molecular weight is 411 g/mol. The monoisotopic (exact) mass is 411 g/mol. The van der Waals surface area contributed by atoms with Gasteiger partial charge in [-0.2, -0.15) is 4.98 Å². The summed E-state index contributed by atoms with van der Waals surface area (Å²) in [5.74, 6) is -0.958. The molecule has 1 aliphatic heterocycles. The third-order valence-electron chi connectivity index (χ3n) is 3.79. The van der Waals surface area contributed by atoms with E-state index in [-0.39, 0.29) is 6.61 Å². The molecule has 1 aliphatic rings. The van der Waals surface area contributed by atoms with Crippen LogP contribution in [0.1, 0.15) is 27.0 Å². The number of rotatable bonds is 7. The molecule has 0 radical (unpaired) electrons. The van der Waals surface area contributed by atoms with Crippen LogP contribution in [-0.4, -0.2) is 47.0 Å². The molecule has 0 aromatic carbocycles. The van der Waals surface area contributed by atoms with Crippen LogP contribution in [0.3, 0.4) is 0 Å². The van der Waals surface area contributed by atoms with Gasteiger partial charge >= 0.3 is 13.9 Å². The molecule has 3 atom stereocenters. The Bertz CT molecular complexity index is 641. The van der Waals surface area contributed by atoms with Crippen molar-refractivity contribution >= 4 is 25.8 Å². The van der Waals surface area contributed by atoms with Crippen molar-refractivity contribution in [1.82, 2.24) is 9.55 Å². The zero-order chi connectivity index (χ0) is 19.7. The van der Waals surface area contributed by atoms with E-state index in [1.165, 1.54) is 31.4 Å². The third-order valence-corrected chi connectivity index (χ3v) is 5.25. The van der Waals surface area contributed by atoms with E-state index in [4.69, 9.17) is 10.5 Å². The van der Waals surface area contributed by atoms with E-state index in [9.17, 15) is 18.6 Å². The minimum Gasteiger partial charge on any atom is -0.566 e. The molecule has 0 aliphatic carbocycles. The number of anilines is 1. The second kappa shape index (κ2) is 11.6. The second-order valence-corrected chi connectivity index (χ2v) is 7.25. The smallest absolute Gasteiger partial charge is 0.488 e. The molecule has 12 heteroatoms. The largest absolute Gasteiger partial charge is 0.566 e. The Morgan fingerprint density at radius 1 is 1.50 bits per heavy atom. The number of ether oxygens (including phenoxy) is 1. The van der Waals surface area contributed by atoms with E-state index in [0.717, 1.165) is 10.8 Å². The molecule has 2 rings (SSSR count). The topological polar surface area (TPSA) is 124 Å². The van der Waals surface area contributed by atoms with Gasteiger partial charge in [0, 0.05) is 5.75 Å². The van der Waals surface area contributed by atoms with Crippen LogP contribution in [0, 0.1) is 5.82 Å². The van der Waals surface area contributed by atoms with E-state index < -0.39 is 37.2 Å². The van der Waals surface area contributed by atoms with Gasteiger partial charge in [0.2, 0.25) is 0 Å². The summed E-state index contributed by atoms with van der Waals surface area (Å²) in [4.78, 5) is 26.8. The lowest BCUT2D eigenvalue weighted by Crippen LogP contribution is -3.11. The molecule has 1 unspecified atom stereocenters. The molecule has 2 heterocycles. The fraction of sp³-hybridized carbons (Fsp3) is 0.714. The molecule has 1 fully saturated rings. The van der Waals surface area contributed by atoms with Crippen molar-refractivity contribution in [3.8, 4) is 0 Å². The first kappa shape index (κ1) is 22.9. The molecular weight excluding hydrogens is 386 g/mol. The summed E-state index contributed by atoms with van der Waals surface area (Å²) >= 11 is 1.25. The molecule has 0 saturated carbocycles. The highest BCUT2D eigenvalue weighted by atomic mass is 32.2. The Kier molecular flexibility index (Phi) is 10.2. The summed E-state index contributed by atoms with van der Waals surface area (Å²) in [5.41, 5.74) is 3.88. The highest BCUT2D eigenvalue weighted by Crippen LogP contribution is 2.32. The van der Waals surface area contributed by atoms with Gasteiger partial charge < -0.3 is 20.3 Å². The van der Waals surface area contributed by atoms with Gasteiger partial charge in [0.05, 0.1) is 25.8 Å². The van der Waals surface area contributed by atoms with Gasteiger partial charge in [-0.3, -0.25) is 4.57 Å². The number of aromatic nitrogens is 2. The van der Waals surface area contributed by atoms with Crippen molar-refractivity contribution in [2.24, 2.45) is 0 Å². The van der Waals surface area contributed by atoms with E-state index in [0.29, 0.717) is 5.75 Å². The first-order chi connectivity index (χ1) is 12.3. The zero-order valence-electron chi connectivity index (χ0n) is 15.0. The first-order valence-electron chi connectivity index (χ1n) is 8.24. The third kappa shape index (κ3) is 7.26. The molecule has 1 saturated heterocycles. The fourth-order valence-corrected chi connectivity index (χ4v) is 3.56. The number of thioether (sulfide) groups is 1. The van der Waals surface area contributed by atoms with Crippen molar-refractivity contribution in [2.75, 3.05) is 37.7 Å². The molecule has 3 N–H and O–H groups in total. The van der Waals surface area contributed by atoms with Crippen molar-refractivity contribution in [2.45, 2.75) is 32.4 Å². The average Bonchev–Trinajstić information content (AvgIpc) is 3.07. The predicted molar refractivity (Wildman–Crippen MR) is 95.4 cm³/mol. The summed E-state index contributed by atoms with van der Waals surface area (Å²) in [7, 11) is -2.95. The molecule has 26 heavy (non-hydrogen) atoms. The Labute approximate surface area is 156 Å². The van der Waals surface area contributed by atoms with Gasteiger partial charge in [0.25, 0.3) is 0 Å². The SMILES string of the molecule is CC[NH+](CC)CC.Nc1nc(=O)n([C@@H]2CS[C@H](CO[P+](=O)[O-])O2)cc1F. The molecule has 9 nitrogen and oxygen atoms in total. The van der Waals surface area contributed by atoms with Crippen LogP contribution in [0.4, 0.5) is 10.2 Å². The standard InChI is InChI=1S/C8H9FN3O5PS.C6H15N/c9-4-1-12(8(13)11-7(4)10)5-3-19-6(17-5)2-16-18(14)15;1-4-7(5-2)6-3/h1,5-6H,2-3H2,(H2,10,11,13);4-6H2,1-3H3/p+1/t5-,6+;/m0./s1. The molecule has 0 bridgehead atoms. The van der Waals surface area contributed by atoms with Gasteiger partial charge in [-0.1, -0.05) is 0 Å². The number of hydrogen-bond acceptors (Lipinski definition) is 8. The summed E-state index contributed by atoms with van der Waals surface area (Å²) in [6.07, 6.45) is 0.172. The van der Waals surface area contributed by atoms with E-state index in [2.05, 4.69) is 30.3 Å². The summed E-state index contributed by atoms with van der Waals surface area (Å²) in [6, 6.07) is 0. The summed E-state index contributed by atoms with van der Waals surface area (Å²) in [5, 5.41) is 0. The van der Waals surface area contributed by atoms with Crippen LogP contribution in [0.15, 0.2) is 11.0 Å². The number of hydrogen-bond donors (Lipinski definition) is 2. The molecule has 148 valence electrons. The number of halogens is 1. The zero-order valence-corrected chi connectivity index (χ0v) is 16.7. The van der Waals surface area contributed by atoms with Crippen LogP contribution in [-0.2, 0) is 13.8 Å². The van der Waals surface area contributed by atoms with Gasteiger partial charge in [-0.15, -0.1) is 16.3 Å². The van der Waals surface area contributed by atoms with Crippen molar-refractivity contribution in [3.05, 3.63) is 22.5 Å². The number of nitrogen functional groups attached to an aromatic ring is 1. The van der Waals surface area contributed by atoms with Crippen molar-refractivity contribution in [3.63, 3.8) is 0 Å². The van der Waals surface area contributed by atoms with Crippen LogP contribution in [0.2, 0.25) is 0 Å². The molecule has 0 spiro atoms. The highest BCUT2D eigenvalue weighted by molar-refractivity contribution is 8.00. The predicted octanol–water partition coefficient (Wildman–Crippen LogP) is -0.482. The first-order valence-corrected chi connectivity index (χ1v) is 10.4. The molecule has 1 aromatic heterocycles. The van der Waals surface area contributed by atoms with Gasteiger partial charge in [-0.25, -0.2) is 9.18 Å². The van der Waals surface area contributed by atoms with E-state index in [1.807, 2.05) is 0 Å². The maximum atomic E-state index is 13.2. The number of quaternary nitrogens is 1. The number of nitrogens with one attached hydrogen (secondary N) is 1. The molecular formula is C14H25FN4O5PS+. The van der Waals surface area contributed by atoms with Crippen molar-refractivity contribution < 1.29 is 28.0 Å². The van der Waals surface area contributed by atoms with E-state index in [1.54, 1.807) is 4.90 Å². The Hall–Kier alpha value is -1.10. The molecule has 0 amide bonds. The maximum absolute atomic E-state index is 13.2. The summed E-state index contributed by atoms with van der Waals surface area (Å²) in [6.45, 7) is 10.3. The van der Waals surface area contributed by atoms with Crippen LogP contribution < -0.4 is 21.2 Å². The van der Waals surface area contributed by atoms with E-state index >= 15 is 0 Å². The molecule has 1 aromatic rings. The van der Waals surface area contributed by atoms with Gasteiger partial charge in [0.15, 0.2) is 11.6 Å². The minimum absolute atomic E-state index is 0.167. The fourth-order valence-electron chi connectivity index (χ4n) is 2.21. The van der Waals surface area contributed by atoms with Gasteiger partial charge in [-0.05, 0) is 25.3 Å².